The van der Waals surface area contributed by atoms with Crippen molar-refractivity contribution in [3.8, 4) is 11.6 Å². The van der Waals surface area contributed by atoms with Crippen LogP contribution in [-0.2, 0) is 11.2 Å². The van der Waals surface area contributed by atoms with Crippen LogP contribution < -0.4 is 4.74 Å². The zero-order valence-corrected chi connectivity index (χ0v) is 19.5. The smallest absolute Gasteiger partial charge is 0.409 e. The van der Waals surface area contributed by atoms with Crippen molar-refractivity contribution in [2.24, 2.45) is 0 Å². The number of rotatable bonds is 7. The van der Waals surface area contributed by atoms with E-state index < -0.39 is 0 Å². The summed E-state index contributed by atoms with van der Waals surface area (Å²) >= 11 is 1.45. The van der Waals surface area contributed by atoms with Gasteiger partial charge in [-0.25, -0.2) is 9.78 Å². The van der Waals surface area contributed by atoms with Crippen LogP contribution in [0.2, 0.25) is 0 Å². The van der Waals surface area contributed by atoms with Gasteiger partial charge in [-0.15, -0.1) is 5.10 Å². The van der Waals surface area contributed by atoms with Crippen molar-refractivity contribution in [2.75, 3.05) is 39.4 Å². The first-order valence-corrected chi connectivity index (χ1v) is 11.8. The van der Waals surface area contributed by atoms with E-state index in [0.29, 0.717) is 56.6 Å². The average Bonchev–Trinajstić information content (AvgIpc) is 3.35. The summed E-state index contributed by atoms with van der Waals surface area (Å²) in [6.07, 6.45) is 0.430. The Morgan fingerprint density at radius 2 is 1.84 bits per heavy atom. The van der Waals surface area contributed by atoms with Crippen LogP contribution in [0.3, 0.4) is 0 Å². The third-order valence-electron chi connectivity index (χ3n) is 5.52. The number of carbonyl (C=O) groups is 1. The van der Waals surface area contributed by atoms with Crippen molar-refractivity contribution in [1.29, 1.82) is 0 Å². The normalized spacial score (nSPS) is 15.8. The molecule has 3 aromatic rings. The lowest BCUT2D eigenvalue weighted by molar-refractivity contribution is 0.0715. The van der Waals surface area contributed by atoms with Crippen LogP contribution in [0.4, 0.5) is 4.79 Å². The molecule has 1 aliphatic heterocycles. The number of benzene rings is 1. The lowest BCUT2D eigenvalue weighted by Crippen LogP contribution is -2.49. The van der Waals surface area contributed by atoms with Gasteiger partial charge in [0.2, 0.25) is 10.8 Å². The van der Waals surface area contributed by atoms with Gasteiger partial charge in [-0.05, 0) is 31.5 Å². The van der Waals surface area contributed by atoms with Crippen molar-refractivity contribution in [3.05, 3.63) is 40.5 Å². The van der Waals surface area contributed by atoms with E-state index in [1.165, 1.54) is 15.9 Å². The molecule has 0 radical (unpaired) electrons. The number of carbonyl (C=O) groups excluding carboxylic acids is 1. The largest absolute Gasteiger partial charge is 0.494 e. The van der Waals surface area contributed by atoms with Crippen LogP contribution in [0.15, 0.2) is 24.3 Å². The number of aromatic hydroxyl groups is 1. The van der Waals surface area contributed by atoms with E-state index in [-0.39, 0.29) is 18.0 Å². The second-order valence-electron chi connectivity index (χ2n) is 7.49. The highest BCUT2D eigenvalue weighted by molar-refractivity contribution is 7.17. The first-order valence-electron chi connectivity index (χ1n) is 11.0. The molecule has 1 saturated heterocycles. The van der Waals surface area contributed by atoms with E-state index in [1.807, 2.05) is 45.0 Å². The van der Waals surface area contributed by atoms with Gasteiger partial charge >= 0.3 is 6.09 Å². The molecule has 9 nitrogen and oxygen atoms in total. The van der Waals surface area contributed by atoms with Gasteiger partial charge in [-0.2, -0.15) is 4.52 Å². The van der Waals surface area contributed by atoms with Gasteiger partial charge in [0.05, 0.1) is 24.1 Å². The second kappa shape index (κ2) is 9.74. The maximum atomic E-state index is 12.1. The summed E-state index contributed by atoms with van der Waals surface area (Å²) < 4.78 is 12.3. The number of fused-ring (bicyclic) bond motifs is 1. The molecule has 1 fully saturated rings. The molecular weight excluding hydrogens is 430 g/mol. The van der Waals surface area contributed by atoms with Crippen LogP contribution in [0.5, 0.6) is 11.6 Å². The second-order valence-corrected chi connectivity index (χ2v) is 8.50. The molecule has 1 N–H and O–H groups in total. The van der Waals surface area contributed by atoms with Gasteiger partial charge in [0.1, 0.15) is 5.75 Å². The molecule has 0 saturated carbocycles. The average molecular weight is 460 g/mol. The van der Waals surface area contributed by atoms with Crippen molar-refractivity contribution in [1.82, 2.24) is 24.4 Å². The monoisotopic (exact) mass is 459 g/mol. The van der Waals surface area contributed by atoms with E-state index in [4.69, 9.17) is 9.47 Å². The van der Waals surface area contributed by atoms with E-state index >= 15 is 0 Å². The minimum absolute atomic E-state index is 0.115. The van der Waals surface area contributed by atoms with E-state index in [0.717, 1.165) is 16.2 Å². The van der Waals surface area contributed by atoms with E-state index in [1.54, 1.807) is 4.90 Å². The highest BCUT2D eigenvalue weighted by atomic mass is 32.1. The van der Waals surface area contributed by atoms with Crippen molar-refractivity contribution < 1.29 is 19.4 Å². The molecule has 1 aliphatic rings. The first-order chi connectivity index (χ1) is 15.5. The minimum Gasteiger partial charge on any atom is -0.494 e. The Labute approximate surface area is 191 Å². The van der Waals surface area contributed by atoms with E-state index in [2.05, 4.69) is 15.0 Å². The molecule has 32 heavy (non-hydrogen) atoms. The Morgan fingerprint density at radius 3 is 2.44 bits per heavy atom. The van der Waals surface area contributed by atoms with Gasteiger partial charge in [0.25, 0.3) is 0 Å². The van der Waals surface area contributed by atoms with Crippen molar-refractivity contribution in [2.45, 2.75) is 33.2 Å². The van der Waals surface area contributed by atoms with Crippen LogP contribution in [0.25, 0.3) is 4.96 Å². The van der Waals surface area contributed by atoms with Gasteiger partial charge < -0.3 is 19.5 Å². The molecule has 172 valence electrons. The minimum atomic E-state index is -0.279. The lowest BCUT2D eigenvalue weighted by atomic mass is 10.0. The van der Waals surface area contributed by atoms with Gasteiger partial charge in [-0.1, -0.05) is 30.4 Å². The first kappa shape index (κ1) is 22.3. The van der Waals surface area contributed by atoms with Gasteiger partial charge in [0.15, 0.2) is 5.82 Å². The number of amides is 1. The van der Waals surface area contributed by atoms with Crippen LogP contribution in [0, 0.1) is 0 Å². The molecular formula is C22H29N5O4S. The molecule has 4 rings (SSSR count). The molecule has 0 unspecified atom stereocenters. The third-order valence-corrected chi connectivity index (χ3v) is 6.59. The number of aromatic nitrogens is 3. The summed E-state index contributed by atoms with van der Waals surface area (Å²) in [5.41, 5.74) is 1.04. The fraction of sp³-hybridized carbons (Fsp3) is 0.500. The third kappa shape index (κ3) is 4.37. The lowest BCUT2D eigenvalue weighted by Gasteiger charge is -2.38. The Kier molecular flexibility index (Phi) is 6.80. The molecule has 0 bridgehead atoms. The number of piperazine rings is 1. The summed E-state index contributed by atoms with van der Waals surface area (Å²) in [6.45, 7) is 9.16. The molecule has 0 spiro atoms. The number of hydrogen-bond acceptors (Lipinski definition) is 8. The highest BCUT2D eigenvalue weighted by Crippen LogP contribution is 2.40. The molecule has 2 aromatic heterocycles. The number of hydrogen-bond donors (Lipinski definition) is 1. The molecule has 1 amide bonds. The quantitative estimate of drug-likeness (QED) is 0.579. The highest BCUT2D eigenvalue weighted by Gasteiger charge is 2.33. The Balaban J connectivity index is 1.66. The fourth-order valence-electron chi connectivity index (χ4n) is 3.94. The van der Waals surface area contributed by atoms with Crippen LogP contribution in [-0.4, -0.2) is 75.0 Å². The Morgan fingerprint density at radius 1 is 1.12 bits per heavy atom. The standard InChI is InChI=1S/C22H29N5O4S/c1-4-17-23-21-27(24-17)20(28)19(32-21)18(15-7-9-16(10-8-15)30-5-2)25-11-13-26(14-12-25)22(29)31-6-3/h7-10,18,28H,4-6,11-14H2,1-3H3/t18-/m1/s1. The van der Waals surface area contributed by atoms with Crippen molar-refractivity contribution >= 4 is 22.4 Å². The van der Waals surface area contributed by atoms with E-state index in [9.17, 15) is 9.90 Å². The number of ether oxygens (including phenoxy) is 2. The number of aryl methyl sites for hydroxylation is 1. The molecule has 1 aromatic carbocycles. The summed E-state index contributed by atoms with van der Waals surface area (Å²) in [5, 5.41) is 15.5. The van der Waals surface area contributed by atoms with Crippen LogP contribution in [0.1, 0.15) is 43.1 Å². The molecule has 1 atom stereocenters. The molecule has 3 heterocycles. The Bertz CT molecular complexity index is 1060. The molecule has 0 aliphatic carbocycles. The zero-order chi connectivity index (χ0) is 22.7. The summed E-state index contributed by atoms with van der Waals surface area (Å²) in [6, 6.07) is 7.77. The SMILES string of the molecule is CCOC(=O)N1CCN([C@H](c2ccc(OCC)cc2)c2sc3nc(CC)nn3c2O)CC1. The summed E-state index contributed by atoms with van der Waals surface area (Å²) in [4.78, 5) is 22.1. The predicted octanol–water partition coefficient (Wildman–Crippen LogP) is 3.32. The maximum Gasteiger partial charge on any atom is 0.409 e. The Hall–Kier alpha value is -2.85. The summed E-state index contributed by atoms with van der Waals surface area (Å²) in [5.74, 6) is 1.63. The van der Waals surface area contributed by atoms with Gasteiger partial charge in [-0.3, -0.25) is 4.90 Å². The maximum absolute atomic E-state index is 12.1. The predicted molar refractivity (Wildman–Crippen MR) is 122 cm³/mol. The number of thiazole rings is 1. The molecule has 10 heteroatoms. The van der Waals surface area contributed by atoms with Gasteiger partial charge in [0, 0.05) is 32.6 Å². The zero-order valence-electron chi connectivity index (χ0n) is 18.7. The number of nitrogens with zero attached hydrogens (tertiary/aromatic N) is 5. The topological polar surface area (TPSA) is 92.4 Å². The van der Waals surface area contributed by atoms with Crippen molar-refractivity contribution in [3.63, 3.8) is 0 Å². The fourth-order valence-corrected chi connectivity index (χ4v) is 5.07. The summed E-state index contributed by atoms with van der Waals surface area (Å²) in [7, 11) is 0. The van der Waals surface area contributed by atoms with Crippen LogP contribution >= 0.6 is 11.3 Å².